The van der Waals surface area contributed by atoms with E-state index in [2.05, 4.69) is 34.5 Å². The van der Waals surface area contributed by atoms with Crippen molar-refractivity contribution in [1.29, 1.82) is 0 Å². The Kier molecular flexibility index (Phi) is 7.60. The van der Waals surface area contributed by atoms with Crippen LogP contribution < -0.4 is 14.8 Å². The number of hydrogen-bond donors (Lipinski definition) is 1. The third kappa shape index (κ3) is 5.64. The summed E-state index contributed by atoms with van der Waals surface area (Å²) >= 11 is 0. The van der Waals surface area contributed by atoms with E-state index in [4.69, 9.17) is 9.47 Å². The second-order valence-corrected chi connectivity index (χ2v) is 8.50. The highest BCUT2D eigenvalue weighted by Gasteiger charge is 2.19. The molecule has 1 N–H and O–H groups in total. The molecule has 6 heteroatoms. The summed E-state index contributed by atoms with van der Waals surface area (Å²) in [6, 6.07) is 18.8. The number of ether oxygens (including phenoxy) is 2. The first-order chi connectivity index (χ1) is 16.6. The molecule has 0 saturated heterocycles. The number of hydrogen-bond acceptors (Lipinski definition) is 5. The summed E-state index contributed by atoms with van der Waals surface area (Å²) in [5, 5.41) is 2.89. The molecule has 176 valence electrons. The van der Waals surface area contributed by atoms with Crippen LogP contribution in [0, 0.1) is 0 Å². The Morgan fingerprint density at radius 1 is 1.00 bits per heavy atom. The number of amides is 1. The highest BCUT2D eigenvalue weighted by atomic mass is 16.5. The van der Waals surface area contributed by atoms with Crippen LogP contribution >= 0.6 is 0 Å². The molecule has 1 aliphatic heterocycles. The van der Waals surface area contributed by atoms with Gasteiger partial charge in [0.1, 0.15) is 6.29 Å². The Hall–Kier alpha value is -3.64. The molecule has 3 aromatic rings. The standard InChI is InChI=1S/C28H30N2O4/c1-33-26-16-22-12-14-30(18-24(22)17-27(26)34-2)13-4-6-20-8-10-25(11-9-20)29-28(32)23-7-3-5-21(15-23)19-31/h3,5,7-11,15-17,19H,4,6,12-14,18H2,1-2H3,(H,29,32). The lowest BCUT2D eigenvalue weighted by molar-refractivity contribution is 0.102. The molecule has 1 amide bonds. The summed E-state index contributed by atoms with van der Waals surface area (Å²) in [5.74, 6) is 1.35. The van der Waals surface area contributed by atoms with Crippen LogP contribution in [0.2, 0.25) is 0 Å². The zero-order valence-electron chi connectivity index (χ0n) is 19.7. The van der Waals surface area contributed by atoms with E-state index in [9.17, 15) is 9.59 Å². The molecule has 1 aliphatic rings. The monoisotopic (exact) mass is 458 g/mol. The van der Waals surface area contributed by atoms with Gasteiger partial charge in [0, 0.05) is 29.9 Å². The lowest BCUT2D eigenvalue weighted by atomic mass is 9.98. The molecular formula is C28H30N2O4. The van der Waals surface area contributed by atoms with Gasteiger partial charge in [-0.1, -0.05) is 24.3 Å². The minimum Gasteiger partial charge on any atom is -0.493 e. The Morgan fingerprint density at radius 2 is 1.74 bits per heavy atom. The van der Waals surface area contributed by atoms with Crippen molar-refractivity contribution in [2.75, 3.05) is 32.6 Å². The largest absolute Gasteiger partial charge is 0.493 e. The molecule has 34 heavy (non-hydrogen) atoms. The molecule has 0 bridgehead atoms. The van der Waals surface area contributed by atoms with Gasteiger partial charge in [-0.25, -0.2) is 0 Å². The first-order valence-electron chi connectivity index (χ1n) is 11.5. The van der Waals surface area contributed by atoms with Crippen molar-refractivity contribution in [3.8, 4) is 11.5 Å². The highest BCUT2D eigenvalue weighted by molar-refractivity contribution is 6.05. The molecule has 0 aromatic heterocycles. The smallest absolute Gasteiger partial charge is 0.255 e. The average molecular weight is 459 g/mol. The van der Waals surface area contributed by atoms with Crippen molar-refractivity contribution >= 4 is 17.9 Å². The maximum absolute atomic E-state index is 12.4. The summed E-state index contributed by atoms with van der Waals surface area (Å²) < 4.78 is 10.9. The minimum absolute atomic E-state index is 0.226. The topological polar surface area (TPSA) is 67.9 Å². The fraction of sp³-hybridized carbons (Fsp3) is 0.286. The number of carbonyl (C=O) groups is 2. The molecule has 0 unspecified atom stereocenters. The molecule has 0 saturated carbocycles. The number of benzene rings is 3. The van der Waals surface area contributed by atoms with E-state index in [-0.39, 0.29) is 5.91 Å². The quantitative estimate of drug-likeness (QED) is 0.468. The summed E-state index contributed by atoms with van der Waals surface area (Å²) in [6.07, 6.45) is 3.79. The number of aldehydes is 1. The van der Waals surface area contributed by atoms with E-state index >= 15 is 0 Å². The molecule has 6 nitrogen and oxygen atoms in total. The number of fused-ring (bicyclic) bond motifs is 1. The Balaban J connectivity index is 1.27. The molecule has 0 atom stereocenters. The lowest BCUT2D eigenvalue weighted by Crippen LogP contribution is -2.31. The van der Waals surface area contributed by atoms with E-state index < -0.39 is 0 Å². The zero-order valence-corrected chi connectivity index (χ0v) is 19.7. The first kappa shape index (κ1) is 23.5. The second kappa shape index (κ2) is 11.0. The normalized spacial score (nSPS) is 13.1. The van der Waals surface area contributed by atoms with Gasteiger partial charge in [-0.15, -0.1) is 0 Å². The number of carbonyl (C=O) groups excluding carboxylic acids is 2. The van der Waals surface area contributed by atoms with Crippen LogP contribution in [-0.4, -0.2) is 44.4 Å². The number of anilines is 1. The fourth-order valence-corrected chi connectivity index (χ4v) is 4.35. The van der Waals surface area contributed by atoms with Crippen molar-refractivity contribution in [1.82, 2.24) is 4.90 Å². The average Bonchev–Trinajstić information content (AvgIpc) is 2.88. The van der Waals surface area contributed by atoms with Crippen LogP contribution in [0.3, 0.4) is 0 Å². The van der Waals surface area contributed by atoms with Crippen LogP contribution in [0.15, 0.2) is 60.7 Å². The van der Waals surface area contributed by atoms with Crippen molar-refractivity contribution in [3.05, 3.63) is 88.5 Å². The van der Waals surface area contributed by atoms with Crippen LogP contribution in [0.4, 0.5) is 5.69 Å². The third-order valence-electron chi connectivity index (χ3n) is 6.23. The summed E-state index contributed by atoms with van der Waals surface area (Å²) in [5.41, 5.74) is 5.58. The van der Waals surface area contributed by atoms with Crippen molar-refractivity contribution in [3.63, 3.8) is 0 Å². The Labute approximate surface area is 200 Å². The van der Waals surface area contributed by atoms with Gasteiger partial charge >= 0.3 is 0 Å². The van der Waals surface area contributed by atoms with Crippen LogP contribution in [0.25, 0.3) is 0 Å². The molecule has 1 heterocycles. The van der Waals surface area contributed by atoms with Gasteiger partial charge in [0.15, 0.2) is 11.5 Å². The van der Waals surface area contributed by atoms with Gasteiger partial charge in [-0.05, 0) is 78.9 Å². The molecular weight excluding hydrogens is 428 g/mol. The molecule has 0 aliphatic carbocycles. The molecule has 0 fully saturated rings. The third-order valence-corrected chi connectivity index (χ3v) is 6.23. The second-order valence-electron chi connectivity index (χ2n) is 8.50. The predicted molar refractivity (Wildman–Crippen MR) is 133 cm³/mol. The van der Waals surface area contributed by atoms with E-state index in [1.54, 1.807) is 38.5 Å². The number of methoxy groups -OCH3 is 2. The van der Waals surface area contributed by atoms with Crippen LogP contribution in [0.1, 0.15) is 43.8 Å². The van der Waals surface area contributed by atoms with Crippen LogP contribution in [-0.2, 0) is 19.4 Å². The van der Waals surface area contributed by atoms with Gasteiger partial charge in [-0.3, -0.25) is 14.5 Å². The molecule has 4 rings (SSSR count). The van der Waals surface area contributed by atoms with Crippen molar-refractivity contribution in [2.24, 2.45) is 0 Å². The minimum atomic E-state index is -0.226. The summed E-state index contributed by atoms with van der Waals surface area (Å²) in [4.78, 5) is 25.8. The SMILES string of the molecule is COc1cc2c(cc1OC)CN(CCCc1ccc(NC(=O)c3cccc(C=O)c3)cc1)CC2. The van der Waals surface area contributed by atoms with E-state index in [1.165, 1.54) is 16.7 Å². The highest BCUT2D eigenvalue weighted by Crippen LogP contribution is 2.33. The number of nitrogens with zero attached hydrogens (tertiary/aromatic N) is 1. The van der Waals surface area contributed by atoms with E-state index in [0.717, 1.165) is 62.4 Å². The lowest BCUT2D eigenvalue weighted by Gasteiger charge is -2.29. The van der Waals surface area contributed by atoms with E-state index in [0.29, 0.717) is 11.1 Å². The van der Waals surface area contributed by atoms with Crippen molar-refractivity contribution < 1.29 is 19.1 Å². The fourth-order valence-electron chi connectivity index (χ4n) is 4.35. The Morgan fingerprint density at radius 3 is 2.44 bits per heavy atom. The zero-order chi connectivity index (χ0) is 23.9. The number of nitrogens with one attached hydrogen (secondary N) is 1. The van der Waals surface area contributed by atoms with E-state index in [1.807, 2.05) is 12.1 Å². The van der Waals surface area contributed by atoms with Gasteiger partial charge in [0.2, 0.25) is 0 Å². The van der Waals surface area contributed by atoms with Crippen molar-refractivity contribution in [2.45, 2.75) is 25.8 Å². The first-order valence-corrected chi connectivity index (χ1v) is 11.5. The summed E-state index contributed by atoms with van der Waals surface area (Å²) in [6.45, 7) is 2.99. The van der Waals surface area contributed by atoms with Gasteiger partial charge in [0.05, 0.1) is 14.2 Å². The van der Waals surface area contributed by atoms with Gasteiger partial charge < -0.3 is 14.8 Å². The molecule has 0 spiro atoms. The number of rotatable bonds is 9. The molecule has 0 radical (unpaired) electrons. The maximum Gasteiger partial charge on any atom is 0.255 e. The molecule has 3 aromatic carbocycles. The Bertz CT molecular complexity index is 1160. The number of aryl methyl sites for hydroxylation is 1. The van der Waals surface area contributed by atoms with Gasteiger partial charge in [-0.2, -0.15) is 0 Å². The van der Waals surface area contributed by atoms with Gasteiger partial charge in [0.25, 0.3) is 5.91 Å². The van der Waals surface area contributed by atoms with Crippen LogP contribution in [0.5, 0.6) is 11.5 Å². The maximum atomic E-state index is 12.4. The predicted octanol–water partition coefficient (Wildman–Crippen LogP) is 4.76. The summed E-state index contributed by atoms with van der Waals surface area (Å²) in [7, 11) is 3.35.